The zero-order chi connectivity index (χ0) is 14.7. The van der Waals surface area contributed by atoms with Crippen LogP contribution in [0.1, 0.15) is 6.92 Å². The summed E-state index contributed by atoms with van der Waals surface area (Å²) in [5, 5.41) is 9.59. The molecule has 0 spiro atoms. The molecule has 0 bridgehead atoms. The van der Waals surface area contributed by atoms with E-state index in [0.29, 0.717) is 4.99 Å². The van der Waals surface area contributed by atoms with Gasteiger partial charge in [-0.2, -0.15) is 5.10 Å². The van der Waals surface area contributed by atoms with Crippen LogP contribution in [-0.2, 0) is 0 Å². The van der Waals surface area contributed by atoms with Crippen molar-refractivity contribution in [2.75, 3.05) is 10.3 Å². The zero-order valence-corrected chi connectivity index (χ0v) is 12.5. The van der Waals surface area contributed by atoms with E-state index in [4.69, 9.17) is 12.2 Å². The molecule has 0 amide bonds. The van der Waals surface area contributed by atoms with Gasteiger partial charge in [-0.15, -0.1) is 0 Å². The Morgan fingerprint density at radius 3 is 2.29 bits per heavy atom. The Morgan fingerprint density at radius 2 is 1.62 bits per heavy atom. The number of para-hydroxylation sites is 2. The molecule has 2 aromatic rings. The lowest BCUT2D eigenvalue weighted by molar-refractivity contribution is 1.17. The molecule has 104 valence electrons. The van der Waals surface area contributed by atoms with Gasteiger partial charge in [-0.25, -0.2) is 5.01 Å². The van der Waals surface area contributed by atoms with E-state index in [1.54, 1.807) is 5.01 Å². The van der Waals surface area contributed by atoms with Gasteiger partial charge in [0, 0.05) is 11.9 Å². The van der Waals surface area contributed by atoms with Crippen molar-refractivity contribution in [3.8, 4) is 0 Å². The summed E-state index contributed by atoms with van der Waals surface area (Å²) in [5.74, 6) is 0. The molecule has 2 aromatic carbocycles. The van der Waals surface area contributed by atoms with Gasteiger partial charge in [-0.3, -0.25) is 0 Å². The first-order valence-electron chi connectivity index (χ1n) is 6.72. The molecule has 4 heteroatoms. The van der Waals surface area contributed by atoms with E-state index in [1.165, 1.54) is 0 Å². The normalized spacial score (nSPS) is 16.2. The molecule has 3 nitrogen and oxygen atoms in total. The average Bonchev–Trinajstić information content (AvgIpc) is 2.82. The van der Waals surface area contributed by atoms with Gasteiger partial charge in [0.25, 0.3) is 0 Å². The highest BCUT2D eigenvalue weighted by atomic mass is 32.1. The minimum Gasteiger partial charge on any atom is -0.361 e. The Kier molecular flexibility index (Phi) is 3.79. The Bertz CT molecular complexity index is 705. The van der Waals surface area contributed by atoms with Crippen LogP contribution < -0.4 is 10.3 Å². The maximum Gasteiger partial charge on any atom is 0.138 e. The molecule has 0 fully saturated rings. The van der Waals surface area contributed by atoms with Gasteiger partial charge in [0.1, 0.15) is 4.99 Å². The Balaban J connectivity index is 1.82. The van der Waals surface area contributed by atoms with Gasteiger partial charge >= 0.3 is 0 Å². The first kappa shape index (κ1) is 13.5. The highest BCUT2D eigenvalue weighted by Crippen LogP contribution is 2.24. The third-order valence-electron chi connectivity index (χ3n) is 3.22. The quantitative estimate of drug-likeness (QED) is 0.678. The first-order valence-corrected chi connectivity index (χ1v) is 7.13. The largest absolute Gasteiger partial charge is 0.361 e. The zero-order valence-electron chi connectivity index (χ0n) is 11.7. The summed E-state index contributed by atoms with van der Waals surface area (Å²) in [6.45, 7) is 1.97. The first-order chi connectivity index (χ1) is 10.3. The van der Waals surface area contributed by atoms with Gasteiger partial charge in [0.2, 0.25) is 0 Å². The Morgan fingerprint density at radius 1 is 1.00 bits per heavy atom. The lowest BCUT2D eigenvalue weighted by Gasteiger charge is -2.13. The van der Waals surface area contributed by atoms with Gasteiger partial charge in [0.05, 0.1) is 17.0 Å². The van der Waals surface area contributed by atoms with Crippen molar-refractivity contribution in [3.63, 3.8) is 0 Å². The van der Waals surface area contributed by atoms with E-state index in [2.05, 4.69) is 10.4 Å². The number of nitrogens with zero attached hydrogens (tertiary/aromatic N) is 2. The van der Waals surface area contributed by atoms with Crippen LogP contribution in [0.2, 0.25) is 0 Å². The van der Waals surface area contributed by atoms with Crippen molar-refractivity contribution in [3.05, 3.63) is 72.4 Å². The molecule has 0 radical (unpaired) electrons. The van der Waals surface area contributed by atoms with Crippen LogP contribution in [0.5, 0.6) is 0 Å². The van der Waals surface area contributed by atoms with E-state index in [9.17, 15) is 0 Å². The second-order valence-corrected chi connectivity index (χ2v) is 5.09. The fourth-order valence-electron chi connectivity index (χ4n) is 2.12. The van der Waals surface area contributed by atoms with Crippen LogP contribution in [0, 0.1) is 0 Å². The van der Waals surface area contributed by atoms with Crippen LogP contribution in [-0.4, -0.2) is 10.7 Å². The molecule has 0 unspecified atom stereocenters. The van der Waals surface area contributed by atoms with E-state index in [1.807, 2.05) is 73.8 Å². The van der Waals surface area contributed by atoms with Crippen LogP contribution in [0.25, 0.3) is 0 Å². The summed E-state index contributed by atoms with van der Waals surface area (Å²) in [5.41, 5.74) is 3.86. The maximum atomic E-state index is 5.54. The number of hydrogen-bond donors (Lipinski definition) is 1. The summed E-state index contributed by atoms with van der Waals surface area (Å²) in [6, 6.07) is 19.9. The van der Waals surface area contributed by atoms with Crippen LogP contribution >= 0.6 is 12.2 Å². The average molecular weight is 293 g/mol. The monoisotopic (exact) mass is 293 g/mol. The van der Waals surface area contributed by atoms with Crippen molar-refractivity contribution >= 4 is 34.3 Å². The minimum absolute atomic E-state index is 0.710. The third kappa shape index (κ3) is 2.85. The van der Waals surface area contributed by atoms with E-state index in [-0.39, 0.29) is 0 Å². The molecule has 1 heterocycles. The van der Waals surface area contributed by atoms with Crippen molar-refractivity contribution in [2.45, 2.75) is 6.92 Å². The summed E-state index contributed by atoms with van der Waals surface area (Å²) < 4.78 is 0. The fourth-order valence-corrected chi connectivity index (χ4v) is 2.47. The van der Waals surface area contributed by atoms with Crippen molar-refractivity contribution < 1.29 is 0 Å². The summed E-state index contributed by atoms with van der Waals surface area (Å²) >= 11 is 5.54. The Labute approximate surface area is 129 Å². The smallest absolute Gasteiger partial charge is 0.138 e. The SMILES string of the molecule is CC1=NN(c2ccccc2)C(=S)C1=CNc1ccccc1. The molecule has 1 aliphatic heterocycles. The third-order valence-corrected chi connectivity index (χ3v) is 3.61. The molecule has 0 saturated heterocycles. The molecular formula is C17H15N3S. The Hall–Kier alpha value is -2.46. The fraction of sp³-hybridized carbons (Fsp3) is 0.0588. The molecule has 0 saturated carbocycles. The van der Waals surface area contributed by atoms with Gasteiger partial charge < -0.3 is 5.32 Å². The van der Waals surface area contributed by atoms with Crippen LogP contribution in [0.3, 0.4) is 0 Å². The molecule has 0 atom stereocenters. The van der Waals surface area contributed by atoms with E-state index >= 15 is 0 Å². The second kappa shape index (κ2) is 5.89. The lowest BCUT2D eigenvalue weighted by atomic mass is 10.2. The number of nitrogens with one attached hydrogen (secondary N) is 1. The van der Waals surface area contributed by atoms with Crippen molar-refractivity contribution in [2.24, 2.45) is 5.10 Å². The lowest BCUT2D eigenvalue weighted by Crippen LogP contribution is -2.19. The van der Waals surface area contributed by atoms with Gasteiger partial charge in [-0.1, -0.05) is 48.6 Å². The number of anilines is 2. The van der Waals surface area contributed by atoms with E-state index < -0.39 is 0 Å². The summed E-state index contributed by atoms with van der Waals surface area (Å²) in [6.07, 6.45) is 1.92. The van der Waals surface area contributed by atoms with E-state index in [0.717, 1.165) is 22.7 Å². The highest BCUT2D eigenvalue weighted by molar-refractivity contribution is 7.81. The number of hydrazone groups is 1. The summed E-state index contributed by atoms with van der Waals surface area (Å²) in [4.78, 5) is 0.710. The second-order valence-electron chi connectivity index (χ2n) is 4.71. The van der Waals surface area contributed by atoms with Gasteiger partial charge in [0.15, 0.2) is 0 Å². The number of thiocarbonyl (C=S) groups is 1. The number of benzene rings is 2. The summed E-state index contributed by atoms with van der Waals surface area (Å²) in [7, 11) is 0. The minimum atomic E-state index is 0.710. The highest BCUT2D eigenvalue weighted by Gasteiger charge is 2.24. The van der Waals surface area contributed by atoms with Gasteiger partial charge in [-0.05, 0) is 31.2 Å². The number of hydrogen-bond acceptors (Lipinski definition) is 3. The topological polar surface area (TPSA) is 27.6 Å². The van der Waals surface area contributed by atoms with Crippen molar-refractivity contribution in [1.29, 1.82) is 0 Å². The molecule has 1 N–H and O–H groups in total. The molecule has 3 rings (SSSR count). The predicted octanol–water partition coefficient (Wildman–Crippen LogP) is 4.21. The standard InChI is InChI=1S/C17H15N3S/c1-13-16(12-18-14-8-4-2-5-9-14)17(21)20(19-13)15-10-6-3-7-11-15/h2-12,18H,1H3. The predicted molar refractivity (Wildman–Crippen MR) is 92.8 cm³/mol. The van der Waals surface area contributed by atoms with Crippen LogP contribution in [0.15, 0.2) is 77.5 Å². The maximum absolute atomic E-state index is 5.54. The molecule has 0 aliphatic carbocycles. The molecule has 1 aliphatic rings. The molecule has 21 heavy (non-hydrogen) atoms. The molecule has 0 aromatic heterocycles. The number of rotatable bonds is 3. The molecular weight excluding hydrogens is 278 g/mol. The van der Waals surface area contributed by atoms with Crippen LogP contribution in [0.4, 0.5) is 11.4 Å². The van der Waals surface area contributed by atoms with Crippen molar-refractivity contribution in [1.82, 2.24) is 0 Å².